The van der Waals surface area contributed by atoms with Crippen molar-refractivity contribution in [2.75, 3.05) is 18.9 Å². The smallest absolute Gasteiger partial charge is 0.230 e. The molecule has 1 amide bonds. The van der Waals surface area contributed by atoms with Crippen molar-refractivity contribution in [3.05, 3.63) is 63.6 Å². The maximum absolute atomic E-state index is 11.9. The Morgan fingerprint density at radius 2 is 1.92 bits per heavy atom. The zero-order valence-electron chi connectivity index (χ0n) is 14.8. The normalized spacial score (nSPS) is 10.6. The van der Waals surface area contributed by atoms with Crippen LogP contribution in [0, 0.1) is 0 Å². The van der Waals surface area contributed by atoms with Crippen LogP contribution in [-0.2, 0) is 17.0 Å². The number of rotatable bonds is 10. The third-order valence-electron chi connectivity index (χ3n) is 3.70. The van der Waals surface area contributed by atoms with Crippen molar-refractivity contribution >= 4 is 40.9 Å². The number of nitrogens with one attached hydrogen (secondary N) is 1. The van der Waals surface area contributed by atoms with E-state index in [1.165, 1.54) is 5.56 Å². The lowest BCUT2D eigenvalue weighted by atomic mass is 10.1. The quantitative estimate of drug-likeness (QED) is 0.533. The van der Waals surface area contributed by atoms with E-state index in [0.29, 0.717) is 34.7 Å². The van der Waals surface area contributed by atoms with Crippen LogP contribution in [0.25, 0.3) is 0 Å². The summed E-state index contributed by atoms with van der Waals surface area (Å²) in [6.07, 6.45) is 1.84. The Kier molecular flexibility index (Phi) is 9.16. The lowest BCUT2D eigenvalue weighted by Gasteiger charge is -2.07. The van der Waals surface area contributed by atoms with E-state index in [1.807, 2.05) is 31.2 Å². The Hall–Kier alpha value is -1.36. The molecule has 0 fully saturated rings. The standard InChI is InChI=1S/C20H23Cl2NO2S/c1-2-25-18-9-5-15(6-10-18)4-3-11-23-20(24)14-26-13-16-7-8-17(21)12-19(16)22/h5-10,12H,2-4,11,13-14H2,1H3,(H,23,24). The van der Waals surface area contributed by atoms with E-state index < -0.39 is 0 Å². The number of halogens is 2. The van der Waals surface area contributed by atoms with Crippen LogP contribution >= 0.6 is 35.0 Å². The van der Waals surface area contributed by atoms with Crippen LogP contribution in [0.1, 0.15) is 24.5 Å². The Morgan fingerprint density at radius 1 is 1.15 bits per heavy atom. The van der Waals surface area contributed by atoms with Crippen LogP contribution < -0.4 is 10.1 Å². The van der Waals surface area contributed by atoms with Gasteiger partial charge in [0, 0.05) is 22.3 Å². The summed E-state index contributed by atoms with van der Waals surface area (Å²) in [6.45, 7) is 3.32. The van der Waals surface area contributed by atoms with E-state index in [9.17, 15) is 4.79 Å². The summed E-state index contributed by atoms with van der Waals surface area (Å²) in [5, 5.41) is 4.22. The van der Waals surface area contributed by atoms with Gasteiger partial charge in [0.1, 0.15) is 5.75 Å². The number of aryl methyl sites for hydroxylation is 1. The first kappa shape index (κ1) is 20.9. The second kappa shape index (κ2) is 11.4. The van der Waals surface area contributed by atoms with Gasteiger partial charge < -0.3 is 10.1 Å². The molecule has 6 heteroatoms. The lowest BCUT2D eigenvalue weighted by molar-refractivity contribution is -0.118. The number of amides is 1. The van der Waals surface area contributed by atoms with Crippen molar-refractivity contribution < 1.29 is 9.53 Å². The zero-order chi connectivity index (χ0) is 18.8. The number of hydrogen-bond acceptors (Lipinski definition) is 3. The highest BCUT2D eigenvalue weighted by molar-refractivity contribution is 7.99. The summed E-state index contributed by atoms with van der Waals surface area (Å²) in [7, 11) is 0. The molecule has 0 bridgehead atoms. The van der Waals surface area contributed by atoms with E-state index in [0.717, 1.165) is 24.2 Å². The van der Waals surface area contributed by atoms with Crippen LogP contribution in [0.5, 0.6) is 5.75 Å². The molecule has 0 aromatic heterocycles. The first-order chi connectivity index (χ1) is 12.6. The minimum Gasteiger partial charge on any atom is -0.494 e. The van der Waals surface area contributed by atoms with Crippen LogP contribution in [0.15, 0.2) is 42.5 Å². The highest BCUT2D eigenvalue weighted by Crippen LogP contribution is 2.24. The molecule has 0 saturated heterocycles. The number of thioether (sulfide) groups is 1. The van der Waals surface area contributed by atoms with Crippen molar-refractivity contribution in [2.24, 2.45) is 0 Å². The minimum atomic E-state index is 0.0479. The number of carbonyl (C=O) groups is 1. The van der Waals surface area contributed by atoms with E-state index in [1.54, 1.807) is 17.8 Å². The largest absolute Gasteiger partial charge is 0.494 e. The summed E-state index contributed by atoms with van der Waals surface area (Å²) in [5.74, 6) is 2.05. The van der Waals surface area contributed by atoms with Gasteiger partial charge in [0.2, 0.25) is 5.91 Å². The van der Waals surface area contributed by atoms with Gasteiger partial charge in [-0.15, -0.1) is 11.8 Å². The second-order valence-electron chi connectivity index (χ2n) is 5.76. The molecule has 0 unspecified atom stereocenters. The van der Waals surface area contributed by atoms with Gasteiger partial charge in [-0.25, -0.2) is 0 Å². The molecular weight excluding hydrogens is 389 g/mol. The lowest BCUT2D eigenvalue weighted by Crippen LogP contribution is -2.26. The van der Waals surface area contributed by atoms with Gasteiger partial charge in [-0.3, -0.25) is 4.79 Å². The number of carbonyl (C=O) groups excluding carboxylic acids is 1. The van der Waals surface area contributed by atoms with Crippen molar-refractivity contribution in [2.45, 2.75) is 25.5 Å². The van der Waals surface area contributed by atoms with Crippen LogP contribution in [0.3, 0.4) is 0 Å². The van der Waals surface area contributed by atoms with Crippen molar-refractivity contribution in [1.82, 2.24) is 5.32 Å². The number of hydrogen-bond donors (Lipinski definition) is 1. The van der Waals surface area contributed by atoms with Gasteiger partial charge in [0.15, 0.2) is 0 Å². The molecule has 3 nitrogen and oxygen atoms in total. The van der Waals surface area contributed by atoms with E-state index in [2.05, 4.69) is 17.4 Å². The van der Waals surface area contributed by atoms with Crippen LogP contribution in [0.2, 0.25) is 10.0 Å². The average molecular weight is 412 g/mol. The highest BCUT2D eigenvalue weighted by atomic mass is 35.5. The summed E-state index contributed by atoms with van der Waals surface area (Å²) in [5.41, 5.74) is 2.24. The number of ether oxygens (including phenoxy) is 1. The van der Waals surface area contributed by atoms with E-state index in [4.69, 9.17) is 27.9 Å². The summed E-state index contributed by atoms with van der Waals surface area (Å²) in [4.78, 5) is 11.9. The molecule has 0 atom stereocenters. The van der Waals surface area contributed by atoms with Crippen LogP contribution in [-0.4, -0.2) is 24.8 Å². The molecule has 0 saturated carbocycles. The van der Waals surface area contributed by atoms with E-state index >= 15 is 0 Å². The van der Waals surface area contributed by atoms with Gasteiger partial charge >= 0.3 is 0 Å². The third kappa shape index (κ3) is 7.48. The molecule has 0 radical (unpaired) electrons. The third-order valence-corrected chi connectivity index (χ3v) is 5.27. The van der Waals surface area contributed by atoms with Crippen molar-refractivity contribution in [3.8, 4) is 5.75 Å². The topological polar surface area (TPSA) is 38.3 Å². The fourth-order valence-corrected chi connectivity index (χ4v) is 3.80. The van der Waals surface area contributed by atoms with Crippen LogP contribution in [0.4, 0.5) is 0 Å². The highest BCUT2D eigenvalue weighted by Gasteiger charge is 2.05. The number of benzene rings is 2. The molecule has 2 aromatic carbocycles. The van der Waals surface area contributed by atoms with Gasteiger partial charge in [-0.2, -0.15) is 0 Å². The van der Waals surface area contributed by atoms with Crippen molar-refractivity contribution in [3.63, 3.8) is 0 Å². The maximum atomic E-state index is 11.9. The molecule has 2 rings (SSSR count). The van der Waals surface area contributed by atoms with E-state index in [-0.39, 0.29) is 5.91 Å². The molecule has 26 heavy (non-hydrogen) atoms. The summed E-state index contributed by atoms with van der Waals surface area (Å²) >= 11 is 13.5. The molecule has 2 aromatic rings. The Balaban J connectivity index is 1.60. The molecule has 140 valence electrons. The Bertz CT molecular complexity index is 707. The zero-order valence-corrected chi connectivity index (χ0v) is 17.1. The first-order valence-electron chi connectivity index (χ1n) is 8.58. The predicted molar refractivity (Wildman–Crippen MR) is 112 cm³/mol. The summed E-state index contributed by atoms with van der Waals surface area (Å²) in [6, 6.07) is 13.5. The van der Waals surface area contributed by atoms with Crippen molar-refractivity contribution in [1.29, 1.82) is 0 Å². The summed E-state index contributed by atoms with van der Waals surface area (Å²) < 4.78 is 5.43. The first-order valence-corrected chi connectivity index (χ1v) is 10.5. The van der Waals surface area contributed by atoms with Gasteiger partial charge in [0.25, 0.3) is 0 Å². The average Bonchev–Trinajstić information content (AvgIpc) is 2.62. The Morgan fingerprint density at radius 3 is 2.62 bits per heavy atom. The minimum absolute atomic E-state index is 0.0479. The molecule has 0 aliphatic rings. The predicted octanol–water partition coefficient (Wildman–Crippen LogP) is 5.37. The molecule has 0 aliphatic carbocycles. The fraction of sp³-hybridized carbons (Fsp3) is 0.350. The molecule has 0 aliphatic heterocycles. The fourth-order valence-electron chi connectivity index (χ4n) is 2.38. The second-order valence-corrected chi connectivity index (χ2v) is 7.59. The molecule has 0 heterocycles. The van der Waals surface area contributed by atoms with Gasteiger partial charge in [0.05, 0.1) is 12.4 Å². The monoisotopic (exact) mass is 411 g/mol. The Labute approximate surface area is 169 Å². The van der Waals surface area contributed by atoms with Gasteiger partial charge in [-0.05, 0) is 55.2 Å². The SMILES string of the molecule is CCOc1ccc(CCCNC(=O)CSCc2ccc(Cl)cc2Cl)cc1. The van der Waals surface area contributed by atoms with Gasteiger partial charge in [-0.1, -0.05) is 41.4 Å². The maximum Gasteiger partial charge on any atom is 0.230 e. The molecule has 1 N–H and O–H groups in total. The molecular formula is C20H23Cl2NO2S. The molecule has 0 spiro atoms.